The van der Waals surface area contributed by atoms with Crippen molar-refractivity contribution in [2.24, 2.45) is 11.7 Å². The summed E-state index contributed by atoms with van der Waals surface area (Å²) in [5.74, 6) is 0.530. The minimum atomic E-state index is -0.356. The average Bonchev–Trinajstić information content (AvgIpc) is 2.84. The number of anilines is 1. The van der Waals surface area contributed by atoms with Crippen LogP contribution in [0, 0.1) is 12.8 Å². The number of aryl methyl sites for hydroxylation is 1. The van der Waals surface area contributed by atoms with E-state index in [1.165, 1.54) is 23.1 Å². The third kappa shape index (κ3) is 7.07. The van der Waals surface area contributed by atoms with E-state index >= 15 is 0 Å². The number of thiazole rings is 1. The zero-order valence-corrected chi connectivity index (χ0v) is 15.5. The van der Waals surface area contributed by atoms with Crippen LogP contribution in [0.15, 0.2) is 4.21 Å². The molecule has 2 rings (SSSR count). The Labute approximate surface area is 150 Å². The third-order valence-corrected chi connectivity index (χ3v) is 6.04. The molecule has 6 nitrogen and oxygen atoms in total. The van der Waals surface area contributed by atoms with Gasteiger partial charge in [0.25, 0.3) is 0 Å². The lowest BCUT2D eigenvalue weighted by molar-refractivity contribution is -0.117. The molecule has 1 aliphatic heterocycles. The molecule has 1 aliphatic rings. The fourth-order valence-electron chi connectivity index (χ4n) is 2.39. The van der Waals surface area contributed by atoms with Crippen LogP contribution in [-0.2, 0) is 9.59 Å². The molecule has 0 aromatic carbocycles. The van der Waals surface area contributed by atoms with Crippen LogP contribution < -0.4 is 16.4 Å². The molecule has 0 unspecified atom stereocenters. The Morgan fingerprint density at radius 1 is 1.43 bits per heavy atom. The quantitative estimate of drug-likeness (QED) is 0.632. The van der Waals surface area contributed by atoms with Crippen LogP contribution in [0.4, 0.5) is 5.13 Å². The number of piperidine rings is 1. The van der Waals surface area contributed by atoms with Gasteiger partial charge in [-0.3, -0.25) is 9.59 Å². The fraction of sp³-hybridized carbons (Fsp3) is 0.643. The number of nitrogens with two attached hydrogens (primary N) is 1. The first-order valence-electron chi connectivity index (χ1n) is 7.43. The van der Waals surface area contributed by atoms with Gasteiger partial charge >= 0.3 is 0 Å². The van der Waals surface area contributed by atoms with Gasteiger partial charge in [0, 0.05) is 6.42 Å². The van der Waals surface area contributed by atoms with Crippen molar-refractivity contribution < 1.29 is 9.59 Å². The number of aromatic nitrogens is 1. The number of nitrogens with zero attached hydrogens (tertiary/aromatic N) is 1. The molecular weight excluding hydrogens is 356 g/mol. The first-order chi connectivity index (χ1) is 10.5. The van der Waals surface area contributed by atoms with Crippen molar-refractivity contribution in [2.75, 3.05) is 24.2 Å². The Morgan fingerprint density at radius 3 is 2.78 bits per heavy atom. The Bertz CT molecular complexity index is 533. The molecule has 0 bridgehead atoms. The van der Waals surface area contributed by atoms with Gasteiger partial charge in [0.15, 0.2) is 5.13 Å². The molecule has 0 spiro atoms. The molecule has 1 saturated heterocycles. The molecule has 1 fully saturated rings. The van der Waals surface area contributed by atoms with Gasteiger partial charge in [-0.1, -0.05) is 11.3 Å². The zero-order chi connectivity index (χ0) is 15.9. The van der Waals surface area contributed by atoms with Crippen LogP contribution in [0.5, 0.6) is 0 Å². The topological polar surface area (TPSA) is 97.1 Å². The number of carbonyl (C=O) groups is 2. The van der Waals surface area contributed by atoms with Gasteiger partial charge in [-0.25, -0.2) is 4.98 Å². The SMILES string of the molecule is Cc1nc(NC(=O)CCC2CCNCC2)sc1SCC(N)=O.Cl. The number of halogens is 1. The van der Waals surface area contributed by atoms with Crippen LogP contribution >= 0.6 is 35.5 Å². The van der Waals surface area contributed by atoms with Crippen molar-refractivity contribution in [3.8, 4) is 0 Å². The van der Waals surface area contributed by atoms with Crippen LogP contribution in [0.3, 0.4) is 0 Å². The van der Waals surface area contributed by atoms with E-state index in [4.69, 9.17) is 5.73 Å². The average molecular weight is 379 g/mol. The lowest BCUT2D eigenvalue weighted by Gasteiger charge is -2.21. The summed E-state index contributed by atoms with van der Waals surface area (Å²) >= 11 is 2.76. The highest BCUT2D eigenvalue weighted by Gasteiger charge is 2.16. The largest absolute Gasteiger partial charge is 0.369 e. The van der Waals surface area contributed by atoms with Gasteiger partial charge in [0.1, 0.15) is 0 Å². The van der Waals surface area contributed by atoms with E-state index in [2.05, 4.69) is 15.6 Å². The molecule has 4 N–H and O–H groups in total. The molecule has 0 atom stereocenters. The zero-order valence-electron chi connectivity index (χ0n) is 13.1. The van der Waals surface area contributed by atoms with Gasteiger partial charge < -0.3 is 16.4 Å². The van der Waals surface area contributed by atoms with Crippen molar-refractivity contribution in [1.29, 1.82) is 0 Å². The summed E-state index contributed by atoms with van der Waals surface area (Å²) in [4.78, 5) is 27.1. The summed E-state index contributed by atoms with van der Waals surface area (Å²) in [6, 6.07) is 0. The predicted molar refractivity (Wildman–Crippen MR) is 97.5 cm³/mol. The fourth-order valence-corrected chi connectivity index (χ4v) is 4.29. The van der Waals surface area contributed by atoms with E-state index in [-0.39, 0.29) is 30.0 Å². The van der Waals surface area contributed by atoms with Crippen molar-refractivity contribution in [3.63, 3.8) is 0 Å². The second-order valence-corrected chi connectivity index (χ2v) is 7.67. The maximum Gasteiger partial charge on any atom is 0.227 e. The monoisotopic (exact) mass is 378 g/mol. The third-order valence-electron chi connectivity index (χ3n) is 3.58. The highest BCUT2D eigenvalue weighted by Crippen LogP contribution is 2.32. The lowest BCUT2D eigenvalue weighted by Crippen LogP contribution is -2.28. The van der Waals surface area contributed by atoms with E-state index in [9.17, 15) is 9.59 Å². The first-order valence-corrected chi connectivity index (χ1v) is 9.24. The van der Waals surface area contributed by atoms with Crippen molar-refractivity contribution in [3.05, 3.63) is 5.69 Å². The number of thioether (sulfide) groups is 1. The van der Waals surface area contributed by atoms with Gasteiger partial charge in [-0.15, -0.1) is 24.2 Å². The van der Waals surface area contributed by atoms with E-state index < -0.39 is 0 Å². The second-order valence-electron chi connectivity index (χ2n) is 5.43. The number of hydrogen-bond donors (Lipinski definition) is 3. The van der Waals surface area contributed by atoms with Crippen LogP contribution in [0.2, 0.25) is 0 Å². The molecular formula is C14H23ClN4O2S2. The summed E-state index contributed by atoms with van der Waals surface area (Å²) < 4.78 is 0.924. The highest BCUT2D eigenvalue weighted by molar-refractivity contribution is 8.01. The summed E-state index contributed by atoms with van der Waals surface area (Å²) in [5.41, 5.74) is 5.96. The van der Waals surface area contributed by atoms with E-state index in [0.717, 1.165) is 42.3 Å². The lowest BCUT2D eigenvalue weighted by atomic mass is 9.93. The van der Waals surface area contributed by atoms with Crippen molar-refractivity contribution in [2.45, 2.75) is 36.8 Å². The number of nitrogens with one attached hydrogen (secondary N) is 2. The molecule has 2 amide bonds. The summed E-state index contributed by atoms with van der Waals surface area (Å²) in [5, 5.41) is 6.78. The van der Waals surface area contributed by atoms with Gasteiger partial charge in [-0.05, 0) is 45.2 Å². The number of amides is 2. The van der Waals surface area contributed by atoms with E-state index in [1.54, 1.807) is 0 Å². The van der Waals surface area contributed by atoms with Gasteiger partial charge in [-0.2, -0.15) is 0 Å². The number of carbonyl (C=O) groups excluding carboxylic acids is 2. The second kappa shape index (κ2) is 10.1. The van der Waals surface area contributed by atoms with Gasteiger partial charge in [0.2, 0.25) is 11.8 Å². The van der Waals surface area contributed by atoms with Crippen LogP contribution in [0.25, 0.3) is 0 Å². The number of primary amides is 1. The minimum absolute atomic E-state index is 0. The minimum Gasteiger partial charge on any atom is -0.369 e. The molecule has 1 aromatic rings. The molecule has 0 aliphatic carbocycles. The predicted octanol–water partition coefficient (Wildman–Crippen LogP) is 2.17. The Morgan fingerprint density at radius 2 is 2.13 bits per heavy atom. The normalized spacial score (nSPS) is 15.0. The standard InChI is InChI=1S/C14H22N4O2S2.ClH/c1-9-13(21-8-11(15)19)22-14(17-9)18-12(20)3-2-10-4-6-16-7-5-10;/h10,16H,2-8H2,1H3,(H2,15,19)(H,17,18,20);1H. The molecule has 1 aromatic heterocycles. The Hall–Kier alpha value is -0.830. The summed E-state index contributed by atoms with van der Waals surface area (Å²) in [6.45, 7) is 3.97. The van der Waals surface area contributed by atoms with E-state index in [0.29, 0.717) is 17.5 Å². The molecule has 2 heterocycles. The maximum absolute atomic E-state index is 12.0. The first kappa shape index (κ1) is 20.2. The van der Waals surface area contributed by atoms with Crippen LogP contribution in [-0.4, -0.2) is 35.6 Å². The summed E-state index contributed by atoms with van der Waals surface area (Å²) in [6.07, 6.45) is 3.77. The Kier molecular flexibility index (Phi) is 8.90. The smallest absolute Gasteiger partial charge is 0.227 e. The molecule has 130 valence electrons. The molecule has 23 heavy (non-hydrogen) atoms. The van der Waals surface area contributed by atoms with Gasteiger partial charge in [0.05, 0.1) is 15.7 Å². The summed E-state index contributed by atoms with van der Waals surface area (Å²) in [7, 11) is 0. The molecule has 0 saturated carbocycles. The molecule has 9 heteroatoms. The number of rotatable bonds is 7. The van der Waals surface area contributed by atoms with Crippen LogP contribution in [0.1, 0.15) is 31.4 Å². The highest BCUT2D eigenvalue weighted by atomic mass is 35.5. The maximum atomic E-state index is 12.0. The van der Waals surface area contributed by atoms with E-state index in [1.807, 2.05) is 6.92 Å². The Balaban J connectivity index is 0.00000264. The van der Waals surface area contributed by atoms with Crippen molar-refractivity contribution in [1.82, 2.24) is 10.3 Å². The molecule has 0 radical (unpaired) electrons. The number of hydrogen-bond acceptors (Lipinski definition) is 6. The van der Waals surface area contributed by atoms with Crippen molar-refractivity contribution >= 4 is 52.5 Å².